The van der Waals surface area contributed by atoms with E-state index in [-0.39, 0.29) is 11.8 Å². The van der Waals surface area contributed by atoms with E-state index < -0.39 is 0 Å². The standard InChI is InChI=1S/C23H24N4O2/c1-16-10-7-8-13-18(16)22(28)25-26-23(29)20-19-14-6-3-9-15-27(19)21(24-20)17-11-4-2-5-12-17/h2,4-5,7-8,10-13H,3,6,9,14-15H2,1H3,(H,25,28)(H,26,29). The monoisotopic (exact) mass is 388 g/mol. The van der Waals surface area contributed by atoms with E-state index in [1.54, 1.807) is 12.1 Å². The minimum Gasteiger partial charge on any atom is -0.327 e. The molecular formula is C23H24N4O2. The summed E-state index contributed by atoms with van der Waals surface area (Å²) in [6.45, 7) is 2.70. The third-order valence-corrected chi connectivity index (χ3v) is 5.29. The molecule has 0 spiro atoms. The number of hydrazine groups is 1. The summed E-state index contributed by atoms with van der Waals surface area (Å²) < 4.78 is 2.15. The quantitative estimate of drug-likeness (QED) is 0.673. The third-order valence-electron chi connectivity index (χ3n) is 5.29. The van der Waals surface area contributed by atoms with Gasteiger partial charge in [0.1, 0.15) is 5.82 Å². The van der Waals surface area contributed by atoms with Crippen molar-refractivity contribution in [1.29, 1.82) is 0 Å². The van der Waals surface area contributed by atoms with Crippen LogP contribution in [0.5, 0.6) is 0 Å². The number of benzene rings is 2. The van der Waals surface area contributed by atoms with Crippen molar-refractivity contribution in [3.8, 4) is 11.4 Å². The lowest BCUT2D eigenvalue weighted by Gasteiger charge is -2.10. The Bertz CT molecular complexity index is 1040. The third kappa shape index (κ3) is 3.92. The van der Waals surface area contributed by atoms with Crippen molar-refractivity contribution in [3.05, 3.63) is 77.1 Å². The van der Waals surface area contributed by atoms with E-state index >= 15 is 0 Å². The van der Waals surface area contributed by atoms with E-state index in [1.807, 2.05) is 49.4 Å². The largest absolute Gasteiger partial charge is 0.327 e. The minimum absolute atomic E-state index is 0.343. The molecule has 148 valence electrons. The minimum atomic E-state index is -0.389. The lowest BCUT2D eigenvalue weighted by atomic mass is 10.1. The zero-order valence-corrected chi connectivity index (χ0v) is 16.4. The highest BCUT2D eigenvalue weighted by atomic mass is 16.2. The average molecular weight is 388 g/mol. The molecule has 2 heterocycles. The van der Waals surface area contributed by atoms with Crippen LogP contribution in [0.3, 0.4) is 0 Å². The molecule has 0 atom stereocenters. The number of aromatic nitrogens is 2. The van der Waals surface area contributed by atoms with Crippen LogP contribution in [-0.4, -0.2) is 21.4 Å². The highest BCUT2D eigenvalue weighted by molar-refractivity contribution is 5.99. The molecule has 2 amide bonds. The van der Waals surface area contributed by atoms with Gasteiger partial charge in [-0.2, -0.15) is 0 Å². The van der Waals surface area contributed by atoms with Gasteiger partial charge in [0.15, 0.2) is 5.69 Å². The molecule has 29 heavy (non-hydrogen) atoms. The number of fused-ring (bicyclic) bond motifs is 1. The summed E-state index contributed by atoms with van der Waals surface area (Å²) in [5.41, 5.74) is 8.75. The van der Waals surface area contributed by atoms with Crippen molar-refractivity contribution in [2.45, 2.75) is 39.2 Å². The zero-order chi connectivity index (χ0) is 20.2. The molecule has 1 aliphatic rings. The fourth-order valence-electron chi connectivity index (χ4n) is 3.78. The molecule has 0 unspecified atom stereocenters. The van der Waals surface area contributed by atoms with Gasteiger partial charge in [-0.1, -0.05) is 55.0 Å². The molecule has 0 saturated carbocycles. The Balaban J connectivity index is 1.59. The maximum absolute atomic E-state index is 12.9. The number of carbonyl (C=O) groups excluding carboxylic acids is 2. The van der Waals surface area contributed by atoms with Crippen LogP contribution in [0.1, 0.15) is 51.4 Å². The van der Waals surface area contributed by atoms with Crippen LogP contribution in [0.4, 0.5) is 0 Å². The Labute approximate surface area is 169 Å². The number of hydrogen-bond acceptors (Lipinski definition) is 3. The summed E-state index contributed by atoms with van der Waals surface area (Å²) in [6.07, 6.45) is 4.01. The lowest BCUT2D eigenvalue weighted by molar-refractivity contribution is 0.0843. The molecule has 2 N–H and O–H groups in total. The van der Waals surface area contributed by atoms with E-state index in [0.717, 1.165) is 54.9 Å². The van der Waals surface area contributed by atoms with Crippen LogP contribution in [0, 0.1) is 6.92 Å². The van der Waals surface area contributed by atoms with E-state index in [2.05, 4.69) is 20.4 Å². The molecule has 6 nitrogen and oxygen atoms in total. The second-order valence-corrected chi connectivity index (χ2v) is 7.28. The Morgan fingerprint density at radius 1 is 0.897 bits per heavy atom. The number of rotatable bonds is 3. The summed E-state index contributed by atoms with van der Waals surface area (Å²) in [4.78, 5) is 30.0. The second kappa shape index (κ2) is 8.31. The van der Waals surface area contributed by atoms with Gasteiger partial charge < -0.3 is 4.57 Å². The summed E-state index contributed by atoms with van der Waals surface area (Å²) in [6, 6.07) is 17.2. The number of nitrogens with zero attached hydrogens (tertiary/aromatic N) is 2. The Morgan fingerprint density at radius 3 is 2.41 bits per heavy atom. The summed E-state index contributed by atoms with van der Waals surface area (Å²) in [7, 11) is 0. The maximum atomic E-state index is 12.9. The summed E-state index contributed by atoms with van der Waals surface area (Å²) in [5.74, 6) is 0.0719. The molecule has 1 aromatic heterocycles. The predicted octanol–water partition coefficient (Wildman–Crippen LogP) is 3.66. The first-order chi connectivity index (χ1) is 14.1. The molecule has 6 heteroatoms. The molecular weight excluding hydrogens is 364 g/mol. The van der Waals surface area contributed by atoms with Crippen molar-refractivity contribution < 1.29 is 9.59 Å². The van der Waals surface area contributed by atoms with Crippen molar-refractivity contribution in [3.63, 3.8) is 0 Å². The topological polar surface area (TPSA) is 76.0 Å². The second-order valence-electron chi connectivity index (χ2n) is 7.28. The van der Waals surface area contributed by atoms with E-state index in [1.165, 1.54) is 0 Å². The van der Waals surface area contributed by atoms with Gasteiger partial charge in [-0.25, -0.2) is 4.98 Å². The molecule has 1 aliphatic heterocycles. The number of carbonyl (C=O) groups is 2. The number of nitrogens with one attached hydrogen (secondary N) is 2. The summed E-state index contributed by atoms with van der Waals surface area (Å²) in [5, 5.41) is 0. The molecule has 4 rings (SSSR count). The van der Waals surface area contributed by atoms with Gasteiger partial charge in [-0.15, -0.1) is 0 Å². The van der Waals surface area contributed by atoms with Crippen LogP contribution in [0.25, 0.3) is 11.4 Å². The fraction of sp³-hybridized carbons (Fsp3) is 0.261. The highest BCUT2D eigenvalue weighted by Crippen LogP contribution is 2.27. The van der Waals surface area contributed by atoms with Crippen molar-refractivity contribution >= 4 is 11.8 Å². The zero-order valence-electron chi connectivity index (χ0n) is 16.4. The molecule has 3 aromatic rings. The van der Waals surface area contributed by atoms with Gasteiger partial charge in [-0.3, -0.25) is 20.4 Å². The van der Waals surface area contributed by atoms with E-state index in [9.17, 15) is 9.59 Å². The molecule has 0 aliphatic carbocycles. The van der Waals surface area contributed by atoms with Gasteiger partial charge in [0.2, 0.25) is 0 Å². The first kappa shape index (κ1) is 18.9. The summed E-state index contributed by atoms with van der Waals surface area (Å²) >= 11 is 0. The van der Waals surface area contributed by atoms with Crippen molar-refractivity contribution in [2.75, 3.05) is 0 Å². The molecule has 0 radical (unpaired) electrons. The fourth-order valence-corrected chi connectivity index (χ4v) is 3.78. The lowest BCUT2D eigenvalue weighted by Crippen LogP contribution is -2.42. The number of hydrogen-bond donors (Lipinski definition) is 2. The first-order valence-corrected chi connectivity index (χ1v) is 9.96. The van der Waals surface area contributed by atoms with Crippen molar-refractivity contribution in [1.82, 2.24) is 20.4 Å². The smallest absolute Gasteiger partial charge is 0.290 e. The number of amides is 2. The normalized spacial score (nSPS) is 13.3. The van der Waals surface area contributed by atoms with Crippen LogP contribution in [-0.2, 0) is 13.0 Å². The molecule has 0 fully saturated rings. The van der Waals surface area contributed by atoms with Gasteiger partial charge >= 0.3 is 0 Å². The predicted molar refractivity (Wildman–Crippen MR) is 111 cm³/mol. The first-order valence-electron chi connectivity index (χ1n) is 9.96. The SMILES string of the molecule is Cc1ccccc1C(=O)NNC(=O)c1nc(-c2ccccc2)n2c1CCCCC2. The molecule has 0 saturated heterocycles. The van der Waals surface area contributed by atoms with Crippen LogP contribution in [0.2, 0.25) is 0 Å². The van der Waals surface area contributed by atoms with Gasteiger partial charge in [0, 0.05) is 17.7 Å². The van der Waals surface area contributed by atoms with Crippen LogP contribution >= 0.6 is 0 Å². The van der Waals surface area contributed by atoms with Crippen molar-refractivity contribution in [2.24, 2.45) is 0 Å². The van der Waals surface area contributed by atoms with E-state index in [4.69, 9.17) is 0 Å². The molecule has 2 aromatic carbocycles. The highest BCUT2D eigenvalue weighted by Gasteiger charge is 2.24. The molecule has 0 bridgehead atoms. The number of aryl methyl sites for hydroxylation is 1. The van der Waals surface area contributed by atoms with Gasteiger partial charge in [0.05, 0.1) is 5.69 Å². The Morgan fingerprint density at radius 2 is 1.62 bits per heavy atom. The van der Waals surface area contributed by atoms with Crippen LogP contribution in [0.15, 0.2) is 54.6 Å². The Kier molecular flexibility index (Phi) is 5.42. The van der Waals surface area contributed by atoms with Gasteiger partial charge in [-0.05, 0) is 37.8 Å². The number of imidazole rings is 1. The van der Waals surface area contributed by atoms with Gasteiger partial charge in [0.25, 0.3) is 11.8 Å². The average Bonchev–Trinajstić information content (AvgIpc) is 2.94. The van der Waals surface area contributed by atoms with Crippen LogP contribution < -0.4 is 10.9 Å². The maximum Gasteiger partial charge on any atom is 0.290 e. The Hall–Kier alpha value is -3.41. The van der Waals surface area contributed by atoms with E-state index in [0.29, 0.717) is 11.3 Å².